The Hall–Kier alpha value is -1.94. The lowest BCUT2D eigenvalue weighted by molar-refractivity contribution is -0.161. The maximum absolute atomic E-state index is 13.1. The number of esters is 4. The molecule has 0 fully saturated rings. The van der Waals surface area contributed by atoms with Gasteiger partial charge in [-0.15, -0.1) is 0 Å². The van der Waals surface area contributed by atoms with Gasteiger partial charge in [-0.05, 0) is 25.7 Å². The third-order valence-corrected chi connectivity index (χ3v) is 21.3. The third kappa shape index (κ3) is 76.1. The van der Waals surface area contributed by atoms with Crippen LogP contribution in [-0.2, 0) is 65.4 Å². The van der Waals surface area contributed by atoms with E-state index in [0.717, 1.165) is 96.3 Å². The van der Waals surface area contributed by atoms with Gasteiger partial charge in [0, 0.05) is 25.7 Å². The molecule has 0 bridgehead atoms. The van der Waals surface area contributed by atoms with E-state index < -0.39 is 97.5 Å². The minimum atomic E-state index is -4.96. The Bertz CT molecular complexity index is 1910. The van der Waals surface area contributed by atoms with Crippen LogP contribution >= 0.6 is 15.6 Å². The molecule has 0 amide bonds. The van der Waals surface area contributed by atoms with E-state index in [0.29, 0.717) is 25.7 Å². The standard InChI is InChI=1S/C82H160O17P2/c1-5-9-13-17-20-23-26-29-32-34-36-38-40-42-44-47-49-52-55-59-63-67-80(85)93-73-78(99-82(87)69-65-61-57-54-51-48-45-43-41-39-37-35-33-30-27-24-21-18-14-10-6-2)75-97-101(90,91)95-71-76(83)70-94-100(88,89)96-74-77(72-92-79(84)66-62-58-16-12-8-4)98-81(86)68-64-60-56-53-50-46-31-28-25-22-19-15-11-7-3/h76-78,83H,5-75H2,1-4H3,(H,88,89)(H,90,91)/t76-,77+,78+/m0/s1. The molecule has 0 spiro atoms. The smallest absolute Gasteiger partial charge is 0.462 e. The van der Waals surface area contributed by atoms with E-state index in [1.54, 1.807) is 0 Å². The number of ether oxygens (including phenoxy) is 4. The fraction of sp³-hybridized carbons (Fsp3) is 0.951. The molecule has 0 rings (SSSR count). The average molecular weight is 1480 g/mol. The summed E-state index contributed by atoms with van der Waals surface area (Å²) >= 11 is 0. The number of unbranched alkanes of at least 4 members (excludes halogenated alkanes) is 57. The van der Waals surface area contributed by atoms with E-state index in [1.165, 1.54) is 270 Å². The van der Waals surface area contributed by atoms with E-state index in [4.69, 9.17) is 37.0 Å². The lowest BCUT2D eigenvalue weighted by Crippen LogP contribution is -2.30. The number of rotatable bonds is 83. The Balaban J connectivity index is 5.10. The first kappa shape index (κ1) is 99.1. The molecule has 0 saturated heterocycles. The van der Waals surface area contributed by atoms with E-state index in [2.05, 4.69) is 27.7 Å². The van der Waals surface area contributed by atoms with Gasteiger partial charge in [-0.25, -0.2) is 9.13 Å². The highest BCUT2D eigenvalue weighted by Crippen LogP contribution is 2.45. The fourth-order valence-corrected chi connectivity index (χ4v) is 14.4. The summed E-state index contributed by atoms with van der Waals surface area (Å²) in [6.07, 6.45) is 70.0. The summed E-state index contributed by atoms with van der Waals surface area (Å²) in [5.41, 5.74) is 0. The topological polar surface area (TPSA) is 237 Å². The molecule has 3 N–H and O–H groups in total. The first-order chi connectivity index (χ1) is 49.2. The first-order valence-electron chi connectivity index (χ1n) is 42.8. The Morgan fingerprint density at radius 2 is 0.396 bits per heavy atom. The summed E-state index contributed by atoms with van der Waals surface area (Å²) < 4.78 is 68.5. The number of aliphatic hydroxyl groups excluding tert-OH is 1. The molecule has 5 atom stereocenters. The zero-order valence-corrected chi connectivity index (χ0v) is 67.7. The van der Waals surface area contributed by atoms with Gasteiger partial charge in [-0.1, -0.05) is 394 Å². The molecule has 0 aromatic carbocycles. The van der Waals surface area contributed by atoms with Crippen molar-refractivity contribution in [2.45, 2.75) is 463 Å². The van der Waals surface area contributed by atoms with Gasteiger partial charge in [-0.2, -0.15) is 0 Å². The van der Waals surface area contributed by atoms with Crippen molar-refractivity contribution in [1.82, 2.24) is 0 Å². The van der Waals surface area contributed by atoms with E-state index in [9.17, 15) is 43.2 Å². The van der Waals surface area contributed by atoms with Crippen LogP contribution < -0.4 is 0 Å². The lowest BCUT2D eigenvalue weighted by atomic mass is 10.0. The minimum absolute atomic E-state index is 0.108. The number of hydrogen-bond acceptors (Lipinski definition) is 15. The molecule has 19 heteroatoms. The highest BCUT2D eigenvalue weighted by molar-refractivity contribution is 7.47. The molecule has 0 saturated carbocycles. The Kier molecular flexibility index (Phi) is 74.8. The summed E-state index contributed by atoms with van der Waals surface area (Å²) in [6, 6.07) is 0. The van der Waals surface area contributed by atoms with Gasteiger partial charge >= 0.3 is 39.5 Å². The van der Waals surface area contributed by atoms with Crippen molar-refractivity contribution < 1.29 is 80.2 Å². The van der Waals surface area contributed by atoms with Crippen molar-refractivity contribution in [3.8, 4) is 0 Å². The highest BCUT2D eigenvalue weighted by Gasteiger charge is 2.30. The molecule has 0 aliphatic carbocycles. The molecule has 0 aromatic rings. The maximum Gasteiger partial charge on any atom is 0.472 e. The number of phosphoric ester groups is 2. The van der Waals surface area contributed by atoms with Crippen LogP contribution in [0.25, 0.3) is 0 Å². The summed E-state index contributed by atoms with van der Waals surface area (Å²) in [7, 11) is -9.91. The van der Waals surface area contributed by atoms with Crippen molar-refractivity contribution in [3.63, 3.8) is 0 Å². The van der Waals surface area contributed by atoms with Gasteiger partial charge in [-0.3, -0.25) is 37.3 Å². The molecule has 101 heavy (non-hydrogen) atoms. The zero-order valence-electron chi connectivity index (χ0n) is 65.9. The predicted molar refractivity (Wildman–Crippen MR) is 414 cm³/mol. The highest BCUT2D eigenvalue weighted by atomic mass is 31.2. The van der Waals surface area contributed by atoms with E-state index in [-0.39, 0.29) is 25.7 Å². The molecular formula is C82H160O17P2. The molecule has 0 aromatic heterocycles. The summed E-state index contributed by atoms with van der Waals surface area (Å²) in [4.78, 5) is 72.7. The SMILES string of the molecule is CCCCCCCCCCCCCCCCCCCCCCCC(=O)OC[C@H](COP(=O)(O)OC[C@@H](O)COP(=O)(O)OC[C@@H](COC(=O)CCCCCCC)OC(=O)CCCCCCCCCCCCCCCC)OC(=O)CCCCCCCCCCCCCCCCCCCCCCC. The van der Waals surface area contributed by atoms with Gasteiger partial charge in [0.05, 0.1) is 26.4 Å². The number of carbonyl (C=O) groups is 4. The molecule has 0 radical (unpaired) electrons. The predicted octanol–water partition coefficient (Wildman–Crippen LogP) is 25.0. The molecule has 0 heterocycles. The molecule has 2 unspecified atom stereocenters. The van der Waals surface area contributed by atoms with Crippen LogP contribution in [0.2, 0.25) is 0 Å². The molecule has 0 aliphatic rings. The third-order valence-electron chi connectivity index (χ3n) is 19.4. The Labute approximate surface area is 619 Å². The van der Waals surface area contributed by atoms with Crippen molar-refractivity contribution in [1.29, 1.82) is 0 Å². The fourth-order valence-electron chi connectivity index (χ4n) is 12.8. The normalized spacial score (nSPS) is 13.8. The van der Waals surface area contributed by atoms with Crippen LogP contribution in [0.4, 0.5) is 0 Å². The number of carbonyl (C=O) groups excluding carboxylic acids is 4. The van der Waals surface area contributed by atoms with Crippen LogP contribution in [0.1, 0.15) is 445 Å². The number of aliphatic hydroxyl groups is 1. The van der Waals surface area contributed by atoms with Crippen LogP contribution in [-0.4, -0.2) is 96.7 Å². The van der Waals surface area contributed by atoms with Gasteiger partial charge in [0.25, 0.3) is 0 Å². The second kappa shape index (κ2) is 76.3. The number of hydrogen-bond donors (Lipinski definition) is 3. The van der Waals surface area contributed by atoms with E-state index >= 15 is 0 Å². The van der Waals surface area contributed by atoms with Gasteiger partial charge in [0.15, 0.2) is 12.2 Å². The summed E-state index contributed by atoms with van der Waals surface area (Å²) in [6.45, 7) is 4.93. The van der Waals surface area contributed by atoms with E-state index in [1.807, 2.05) is 0 Å². The zero-order chi connectivity index (χ0) is 73.9. The van der Waals surface area contributed by atoms with Gasteiger partial charge in [0.2, 0.25) is 0 Å². The second-order valence-corrected chi connectivity index (χ2v) is 32.4. The molecular weight excluding hydrogens is 1320 g/mol. The van der Waals surface area contributed by atoms with Gasteiger partial charge in [0.1, 0.15) is 19.3 Å². The monoisotopic (exact) mass is 1480 g/mol. The second-order valence-electron chi connectivity index (χ2n) is 29.5. The van der Waals surface area contributed by atoms with Crippen molar-refractivity contribution in [2.75, 3.05) is 39.6 Å². The van der Waals surface area contributed by atoms with Crippen LogP contribution in [0, 0.1) is 0 Å². The quantitative estimate of drug-likeness (QED) is 0.0222. The summed E-state index contributed by atoms with van der Waals surface area (Å²) in [5.74, 6) is -2.12. The Morgan fingerprint density at radius 3 is 0.584 bits per heavy atom. The molecule has 17 nitrogen and oxygen atoms in total. The van der Waals surface area contributed by atoms with Crippen molar-refractivity contribution in [3.05, 3.63) is 0 Å². The first-order valence-corrected chi connectivity index (χ1v) is 45.8. The minimum Gasteiger partial charge on any atom is -0.462 e. The molecule has 600 valence electrons. The van der Waals surface area contributed by atoms with Crippen molar-refractivity contribution in [2.24, 2.45) is 0 Å². The lowest BCUT2D eigenvalue weighted by Gasteiger charge is -2.21. The Morgan fingerprint density at radius 1 is 0.238 bits per heavy atom. The van der Waals surface area contributed by atoms with Crippen molar-refractivity contribution >= 4 is 39.5 Å². The average Bonchev–Trinajstić information content (AvgIpc) is 0.965. The largest absolute Gasteiger partial charge is 0.472 e. The number of phosphoric acid groups is 2. The maximum atomic E-state index is 13.1. The van der Waals surface area contributed by atoms with Crippen LogP contribution in [0.15, 0.2) is 0 Å². The van der Waals surface area contributed by atoms with Crippen LogP contribution in [0.5, 0.6) is 0 Å². The van der Waals surface area contributed by atoms with Crippen LogP contribution in [0.3, 0.4) is 0 Å². The summed E-state index contributed by atoms with van der Waals surface area (Å²) in [5, 5.41) is 10.6. The molecule has 0 aliphatic heterocycles. The van der Waals surface area contributed by atoms with Gasteiger partial charge < -0.3 is 33.8 Å².